The van der Waals surface area contributed by atoms with Gasteiger partial charge in [-0.2, -0.15) is 5.10 Å². The maximum absolute atomic E-state index is 5.57. The molecule has 0 aliphatic rings. The van der Waals surface area contributed by atoms with Gasteiger partial charge in [-0.05, 0) is 42.5 Å². The van der Waals surface area contributed by atoms with E-state index in [-0.39, 0.29) is 0 Å². The number of aromatic nitrogens is 3. The average Bonchev–Trinajstić information content (AvgIpc) is 3.50. The van der Waals surface area contributed by atoms with Gasteiger partial charge < -0.3 is 19.8 Å². The summed E-state index contributed by atoms with van der Waals surface area (Å²) in [6.07, 6.45) is 3.58. The third kappa shape index (κ3) is 5.11. The lowest BCUT2D eigenvalue weighted by atomic mass is 10.2. The maximum Gasteiger partial charge on any atom is 0.226 e. The van der Waals surface area contributed by atoms with Crippen LogP contribution in [0, 0.1) is 0 Å². The zero-order valence-corrected chi connectivity index (χ0v) is 17.4. The van der Waals surface area contributed by atoms with Crippen molar-refractivity contribution in [3.05, 3.63) is 84.5 Å². The van der Waals surface area contributed by atoms with Crippen LogP contribution in [-0.4, -0.2) is 34.9 Å². The van der Waals surface area contributed by atoms with Crippen LogP contribution < -0.4 is 15.4 Å². The number of guanidine groups is 1. The highest BCUT2D eigenvalue weighted by Gasteiger charge is 2.08. The van der Waals surface area contributed by atoms with Gasteiger partial charge in [-0.3, -0.25) is 4.99 Å². The molecule has 0 fully saturated rings. The van der Waals surface area contributed by atoms with Crippen molar-refractivity contribution in [2.45, 2.75) is 13.1 Å². The Morgan fingerprint density at radius 1 is 1.00 bits per heavy atom. The van der Waals surface area contributed by atoms with Gasteiger partial charge in [0.25, 0.3) is 0 Å². The molecule has 0 atom stereocenters. The summed E-state index contributed by atoms with van der Waals surface area (Å²) in [5, 5.41) is 11.1. The third-order valence-corrected chi connectivity index (χ3v) is 4.65. The number of ether oxygens (including phenoxy) is 1. The lowest BCUT2D eigenvalue weighted by molar-refractivity contribution is 0.414. The first-order valence-electron chi connectivity index (χ1n) is 9.88. The number of hydrogen-bond acceptors (Lipinski definition) is 5. The summed E-state index contributed by atoms with van der Waals surface area (Å²) in [7, 11) is 3.38. The van der Waals surface area contributed by atoms with Crippen LogP contribution in [0.4, 0.5) is 0 Å². The van der Waals surface area contributed by atoms with Gasteiger partial charge >= 0.3 is 0 Å². The van der Waals surface area contributed by atoms with Gasteiger partial charge in [0, 0.05) is 18.8 Å². The molecule has 0 radical (unpaired) electrons. The summed E-state index contributed by atoms with van der Waals surface area (Å²) < 4.78 is 12.6. The van der Waals surface area contributed by atoms with Crippen molar-refractivity contribution in [3.8, 4) is 22.9 Å². The minimum Gasteiger partial charge on any atom is -0.497 e. The van der Waals surface area contributed by atoms with Crippen LogP contribution >= 0.6 is 0 Å². The molecule has 0 bridgehead atoms. The molecular formula is C23H24N6O2. The summed E-state index contributed by atoms with van der Waals surface area (Å²) in [6, 6.07) is 19.5. The van der Waals surface area contributed by atoms with Crippen LogP contribution in [0.1, 0.15) is 11.4 Å². The summed E-state index contributed by atoms with van der Waals surface area (Å²) in [6.45, 7) is 1.03. The Hall–Kier alpha value is -4.07. The van der Waals surface area contributed by atoms with Crippen molar-refractivity contribution < 1.29 is 9.15 Å². The van der Waals surface area contributed by atoms with E-state index in [0.29, 0.717) is 24.9 Å². The fourth-order valence-corrected chi connectivity index (χ4v) is 3.01. The maximum atomic E-state index is 5.57. The average molecular weight is 416 g/mol. The van der Waals surface area contributed by atoms with Crippen molar-refractivity contribution >= 4 is 5.96 Å². The van der Waals surface area contributed by atoms with Crippen LogP contribution in [0.2, 0.25) is 0 Å². The quantitative estimate of drug-likeness (QED) is 0.355. The van der Waals surface area contributed by atoms with Gasteiger partial charge in [0.1, 0.15) is 12.0 Å². The minimum atomic E-state index is 0.496. The largest absolute Gasteiger partial charge is 0.497 e. The van der Waals surface area contributed by atoms with Crippen LogP contribution in [-0.2, 0) is 13.1 Å². The summed E-state index contributed by atoms with van der Waals surface area (Å²) in [5.74, 6) is 2.07. The molecule has 8 heteroatoms. The summed E-state index contributed by atoms with van der Waals surface area (Å²) >= 11 is 0. The lowest BCUT2D eigenvalue weighted by Crippen LogP contribution is -2.36. The first-order valence-corrected chi connectivity index (χ1v) is 9.88. The van der Waals surface area contributed by atoms with Crippen LogP contribution in [0.3, 0.4) is 0 Å². The number of aliphatic imine (C=N–C) groups is 1. The second-order valence-corrected chi connectivity index (χ2v) is 6.74. The second kappa shape index (κ2) is 9.62. The van der Waals surface area contributed by atoms with Crippen molar-refractivity contribution in [2.24, 2.45) is 4.99 Å². The fraction of sp³-hybridized carbons (Fsp3) is 0.174. The number of oxazole rings is 1. The Morgan fingerprint density at radius 3 is 2.45 bits per heavy atom. The highest BCUT2D eigenvalue weighted by molar-refractivity contribution is 5.79. The number of benzene rings is 2. The molecule has 0 unspecified atom stereocenters. The van der Waals surface area contributed by atoms with E-state index < -0.39 is 0 Å². The molecule has 2 N–H and O–H groups in total. The van der Waals surface area contributed by atoms with Crippen molar-refractivity contribution in [3.63, 3.8) is 0 Å². The lowest BCUT2D eigenvalue weighted by Gasteiger charge is -2.09. The Balaban J connectivity index is 1.30. The van der Waals surface area contributed by atoms with Gasteiger partial charge in [0.15, 0.2) is 5.96 Å². The van der Waals surface area contributed by atoms with Crippen molar-refractivity contribution in [1.82, 2.24) is 25.4 Å². The Kier molecular flexibility index (Phi) is 6.27. The summed E-state index contributed by atoms with van der Waals surface area (Å²) in [4.78, 5) is 8.77. The molecule has 2 aromatic heterocycles. The number of rotatable bonds is 7. The van der Waals surface area contributed by atoms with Gasteiger partial charge in [0.2, 0.25) is 5.89 Å². The van der Waals surface area contributed by atoms with Gasteiger partial charge in [-0.1, -0.05) is 18.2 Å². The molecule has 2 aromatic carbocycles. The standard InChI is InChI=1S/C23H24N6O2/c1-24-23(26-15-19-16-31-22(27-19)17-6-4-3-5-7-17)25-14-18-12-13-29(28-18)20-8-10-21(30-2)11-9-20/h3-13,16H,14-15H2,1-2H3,(H2,24,25,26). The van der Waals surface area contributed by atoms with E-state index in [1.807, 2.05) is 71.5 Å². The van der Waals surface area contributed by atoms with E-state index in [1.165, 1.54) is 0 Å². The Labute approximate surface area is 180 Å². The van der Waals surface area contributed by atoms with E-state index in [2.05, 4.69) is 25.7 Å². The third-order valence-electron chi connectivity index (χ3n) is 4.65. The zero-order valence-electron chi connectivity index (χ0n) is 17.4. The fourth-order valence-electron chi connectivity index (χ4n) is 3.01. The monoisotopic (exact) mass is 416 g/mol. The molecule has 8 nitrogen and oxygen atoms in total. The smallest absolute Gasteiger partial charge is 0.226 e. The summed E-state index contributed by atoms with van der Waals surface area (Å²) in [5.41, 5.74) is 3.61. The molecule has 158 valence electrons. The first-order chi connectivity index (χ1) is 15.2. The molecule has 0 saturated heterocycles. The minimum absolute atomic E-state index is 0.496. The molecule has 0 aliphatic carbocycles. The van der Waals surface area contributed by atoms with Gasteiger partial charge in [-0.15, -0.1) is 0 Å². The highest BCUT2D eigenvalue weighted by Crippen LogP contribution is 2.18. The predicted octanol–water partition coefficient (Wildman–Crippen LogP) is 3.40. The van der Waals surface area contributed by atoms with Crippen molar-refractivity contribution in [1.29, 1.82) is 0 Å². The number of nitrogens with zero attached hydrogens (tertiary/aromatic N) is 4. The molecule has 0 saturated carbocycles. The van der Waals surface area contributed by atoms with Crippen LogP contribution in [0.5, 0.6) is 5.75 Å². The molecule has 0 aliphatic heterocycles. The van der Waals surface area contributed by atoms with Gasteiger partial charge in [-0.25, -0.2) is 9.67 Å². The normalized spacial score (nSPS) is 11.4. The van der Waals surface area contributed by atoms with Crippen molar-refractivity contribution in [2.75, 3.05) is 14.2 Å². The van der Waals surface area contributed by atoms with Crippen LogP contribution in [0.25, 0.3) is 17.1 Å². The topological polar surface area (TPSA) is 89.5 Å². The van der Waals surface area contributed by atoms with E-state index in [1.54, 1.807) is 20.4 Å². The zero-order chi connectivity index (χ0) is 21.5. The predicted molar refractivity (Wildman–Crippen MR) is 119 cm³/mol. The highest BCUT2D eigenvalue weighted by atomic mass is 16.5. The molecule has 31 heavy (non-hydrogen) atoms. The van der Waals surface area contributed by atoms with E-state index in [4.69, 9.17) is 9.15 Å². The van der Waals surface area contributed by atoms with E-state index in [9.17, 15) is 0 Å². The Morgan fingerprint density at radius 2 is 1.74 bits per heavy atom. The SMILES string of the molecule is CN=C(NCc1coc(-c2ccccc2)n1)NCc1ccn(-c2ccc(OC)cc2)n1. The molecule has 2 heterocycles. The van der Waals surface area contributed by atoms with E-state index >= 15 is 0 Å². The number of nitrogens with one attached hydrogen (secondary N) is 2. The first kappa shape index (κ1) is 20.2. The molecule has 0 spiro atoms. The van der Waals surface area contributed by atoms with E-state index in [0.717, 1.165) is 28.4 Å². The second-order valence-electron chi connectivity index (χ2n) is 6.74. The molecule has 0 amide bonds. The van der Waals surface area contributed by atoms with Crippen LogP contribution in [0.15, 0.2) is 82.5 Å². The number of methoxy groups -OCH3 is 1. The molecular weight excluding hydrogens is 392 g/mol. The number of hydrogen-bond donors (Lipinski definition) is 2. The Bertz CT molecular complexity index is 1130. The van der Waals surface area contributed by atoms with Gasteiger partial charge in [0.05, 0.1) is 37.3 Å². The molecule has 4 aromatic rings. The molecule has 4 rings (SSSR count).